The molecular weight excluding hydrogens is 280 g/mol. The maximum Gasteiger partial charge on any atom is 0.136 e. The first-order chi connectivity index (χ1) is 10.7. The van der Waals surface area contributed by atoms with Crippen molar-refractivity contribution in [2.24, 2.45) is 5.92 Å². The molecule has 1 aromatic rings. The number of rotatable bonds is 3. The van der Waals surface area contributed by atoms with Gasteiger partial charge < -0.3 is 14.9 Å². The predicted octanol–water partition coefficient (Wildman–Crippen LogP) is 1.32. The van der Waals surface area contributed by atoms with Crippen LogP contribution < -0.4 is 0 Å². The van der Waals surface area contributed by atoms with Gasteiger partial charge in [-0.1, -0.05) is 18.2 Å². The Morgan fingerprint density at radius 1 is 1.23 bits per heavy atom. The van der Waals surface area contributed by atoms with Gasteiger partial charge in [0.15, 0.2) is 0 Å². The summed E-state index contributed by atoms with van der Waals surface area (Å²) in [5, 5.41) is 30.0. The molecule has 2 heterocycles. The topological polar surface area (TPSA) is 76.7 Å². The minimum Gasteiger partial charge on any atom is -0.381 e. The first-order valence-electron chi connectivity index (χ1n) is 7.61. The summed E-state index contributed by atoms with van der Waals surface area (Å²) >= 11 is 0. The van der Waals surface area contributed by atoms with Crippen molar-refractivity contribution in [1.82, 2.24) is 4.90 Å². The maximum absolute atomic E-state index is 10.6. The van der Waals surface area contributed by atoms with Gasteiger partial charge in [0.1, 0.15) is 12.5 Å². The minimum absolute atomic E-state index is 0.414. The minimum atomic E-state index is -0.882. The van der Waals surface area contributed by atoms with Gasteiger partial charge in [0, 0.05) is 25.3 Å². The van der Waals surface area contributed by atoms with Crippen LogP contribution in [0.4, 0.5) is 0 Å². The second kappa shape index (κ2) is 6.59. The fourth-order valence-electron chi connectivity index (χ4n) is 3.16. The van der Waals surface area contributed by atoms with Crippen LogP contribution in [0.25, 0.3) is 5.57 Å². The van der Waals surface area contributed by atoms with Gasteiger partial charge in [0.2, 0.25) is 0 Å². The number of hydrogen-bond acceptors (Lipinski definition) is 5. The van der Waals surface area contributed by atoms with Crippen LogP contribution in [-0.2, 0) is 4.74 Å². The maximum atomic E-state index is 10.6. The van der Waals surface area contributed by atoms with Crippen molar-refractivity contribution in [3.8, 4) is 6.07 Å². The van der Waals surface area contributed by atoms with Crippen molar-refractivity contribution in [3.05, 3.63) is 41.5 Å². The molecule has 5 nitrogen and oxygen atoms in total. The van der Waals surface area contributed by atoms with E-state index < -0.39 is 12.5 Å². The van der Waals surface area contributed by atoms with Gasteiger partial charge in [0.05, 0.1) is 11.6 Å². The molecule has 5 heteroatoms. The van der Waals surface area contributed by atoms with E-state index in [4.69, 9.17) is 4.74 Å². The Hall–Kier alpha value is -1.71. The molecule has 2 unspecified atom stereocenters. The Kier molecular flexibility index (Phi) is 4.55. The average molecular weight is 300 g/mol. The Morgan fingerprint density at radius 3 is 2.68 bits per heavy atom. The molecule has 1 aromatic carbocycles. The zero-order valence-electron chi connectivity index (χ0n) is 12.4. The lowest BCUT2D eigenvalue weighted by Crippen LogP contribution is -2.42. The highest BCUT2D eigenvalue weighted by Gasteiger charge is 2.35. The number of aliphatic hydroxyl groups excluding tert-OH is 2. The summed E-state index contributed by atoms with van der Waals surface area (Å²) in [7, 11) is 0. The third-order valence-electron chi connectivity index (χ3n) is 4.43. The Labute approximate surface area is 130 Å². The summed E-state index contributed by atoms with van der Waals surface area (Å²) in [6.45, 7) is 2.10. The third kappa shape index (κ3) is 2.92. The summed E-state index contributed by atoms with van der Waals surface area (Å²) in [6, 6.07) is 9.28. The normalized spacial score (nSPS) is 26.7. The summed E-state index contributed by atoms with van der Waals surface area (Å²) in [4.78, 5) is 1.68. The van der Waals surface area contributed by atoms with E-state index >= 15 is 0 Å². The Balaban J connectivity index is 1.78. The fourth-order valence-corrected chi connectivity index (χ4v) is 3.16. The second-order valence-corrected chi connectivity index (χ2v) is 5.82. The molecule has 2 atom stereocenters. The molecular formula is C17H20N2O3. The zero-order valence-corrected chi connectivity index (χ0v) is 12.4. The summed E-state index contributed by atoms with van der Waals surface area (Å²) in [5.41, 5.74) is 1.80. The van der Waals surface area contributed by atoms with E-state index in [-0.39, 0.29) is 0 Å². The number of ether oxygens (including phenoxy) is 1. The zero-order chi connectivity index (χ0) is 15.5. The lowest BCUT2D eigenvalue weighted by atomic mass is 9.98. The summed E-state index contributed by atoms with van der Waals surface area (Å²) < 4.78 is 5.35. The highest BCUT2D eigenvalue weighted by Crippen LogP contribution is 2.32. The quantitative estimate of drug-likeness (QED) is 0.880. The van der Waals surface area contributed by atoms with Gasteiger partial charge >= 0.3 is 0 Å². The number of hydrogen-bond donors (Lipinski definition) is 2. The van der Waals surface area contributed by atoms with Crippen LogP contribution in [0.1, 0.15) is 24.0 Å². The van der Waals surface area contributed by atoms with Gasteiger partial charge in [-0.15, -0.1) is 0 Å². The van der Waals surface area contributed by atoms with Crippen molar-refractivity contribution in [2.75, 3.05) is 19.8 Å². The molecule has 0 aliphatic carbocycles. The van der Waals surface area contributed by atoms with E-state index in [0.717, 1.165) is 26.1 Å². The fraction of sp³-hybridized carbons (Fsp3) is 0.471. The van der Waals surface area contributed by atoms with E-state index in [9.17, 15) is 15.5 Å². The van der Waals surface area contributed by atoms with Gasteiger partial charge in [-0.2, -0.15) is 5.26 Å². The van der Waals surface area contributed by atoms with Crippen LogP contribution in [-0.4, -0.2) is 47.3 Å². The molecule has 1 fully saturated rings. The number of nitrogens with zero attached hydrogens (tertiary/aromatic N) is 2. The molecule has 116 valence electrons. The molecule has 0 bridgehead atoms. The van der Waals surface area contributed by atoms with Crippen LogP contribution in [0.15, 0.2) is 30.3 Å². The Morgan fingerprint density at radius 2 is 1.95 bits per heavy atom. The molecule has 0 radical (unpaired) electrons. The molecule has 0 saturated carbocycles. The van der Waals surface area contributed by atoms with Crippen molar-refractivity contribution >= 4 is 5.57 Å². The van der Waals surface area contributed by atoms with Crippen molar-refractivity contribution in [1.29, 1.82) is 5.26 Å². The van der Waals surface area contributed by atoms with Crippen molar-refractivity contribution < 1.29 is 14.9 Å². The van der Waals surface area contributed by atoms with Crippen LogP contribution in [0, 0.1) is 17.2 Å². The third-order valence-corrected chi connectivity index (χ3v) is 4.43. The molecule has 22 heavy (non-hydrogen) atoms. The van der Waals surface area contributed by atoms with Gasteiger partial charge in [-0.3, -0.25) is 0 Å². The van der Waals surface area contributed by atoms with Crippen LogP contribution in [0.2, 0.25) is 0 Å². The van der Waals surface area contributed by atoms with E-state index in [1.54, 1.807) is 29.2 Å². The molecule has 0 amide bonds. The molecule has 0 aromatic heterocycles. The number of aliphatic hydroxyl groups is 2. The van der Waals surface area contributed by atoms with E-state index in [1.165, 1.54) is 0 Å². The van der Waals surface area contributed by atoms with Crippen LogP contribution in [0.5, 0.6) is 0 Å². The first kappa shape index (κ1) is 15.2. The molecule has 3 rings (SSSR count). The van der Waals surface area contributed by atoms with E-state index in [0.29, 0.717) is 29.2 Å². The molecule has 2 N–H and O–H groups in total. The van der Waals surface area contributed by atoms with Crippen LogP contribution in [0.3, 0.4) is 0 Å². The molecule has 2 aliphatic heterocycles. The lowest BCUT2D eigenvalue weighted by Gasteiger charge is -2.31. The molecule has 1 saturated heterocycles. The van der Waals surface area contributed by atoms with E-state index in [1.807, 2.05) is 6.07 Å². The predicted molar refractivity (Wildman–Crippen MR) is 81.4 cm³/mol. The Bertz CT molecular complexity index is 602. The SMILES string of the molecule is N#Cc1ccccc1C1=CC(O)N(CC2CCOCC2)C1O. The first-order valence-corrected chi connectivity index (χ1v) is 7.61. The van der Waals surface area contributed by atoms with Crippen molar-refractivity contribution in [2.45, 2.75) is 25.3 Å². The largest absolute Gasteiger partial charge is 0.381 e. The summed E-state index contributed by atoms with van der Waals surface area (Å²) in [6.07, 6.45) is 1.83. The lowest BCUT2D eigenvalue weighted by molar-refractivity contribution is -0.0558. The standard InChI is InChI=1S/C17H20N2O3/c18-10-13-3-1-2-4-14(13)15-9-16(20)19(17(15)21)11-12-5-7-22-8-6-12/h1-4,9,12,16-17,20-21H,5-8,11H2. The van der Waals surface area contributed by atoms with E-state index in [2.05, 4.69) is 6.07 Å². The van der Waals surface area contributed by atoms with Crippen LogP contribution >= 0.6 is 0 Å². The summed E-state index contributed by atoms with van der Waals surface area (Å²) in [5.74, 6) is 0.414. The number of benzene rings is 1. The van der Waals surface area contributed by atoms with Crippen molar-refractivity contribution in [3.63, 3.8) is 0 Å². The van der Waals surface area contributed by atoms with Gasteiger partial charge in [-0.05, 0) is 36.5 Å². The number of nitriles is 1. The van der Waals surface area contributed by atoms with Gasteiger partial charge in [0.25, 0.3) is 0 Å². The van der Waals surface area contributed by atoms with Gasteiger partial charge in [-0.25, -0.2) is 4.90 Å². The molecule has 2 aliphatic rings. The highest BCUT2D eigenvalue weighted by molar-refractivity contribution is 5.74. The second-order valence-electron chi connectivity index (χ2n) is 5.82. The monoisotopic (exact) mass is 300 g/mol. The molecule has 0 spiro atoms. The highest BCUT2D eigenvalue weighted by atomic mass is 16.5. The average Bonchev–Trinajstić information content (AvgIpc) is 2.84. The smallest absolute Gasteiger partial charge is 0.136 e.